The fraction of sp³-hybridized carbons (Fsp3) is 0.833. The van der Waals surface area contributed by atoms with Crippen LogP contribution in [-0.2, 0) is 7.05 Å². The first-order chi connectivity index (χ1) is 5.27. The number of rotatable bonds is 3. The Labute approximate surface area is 65.6 Å². The van der Waals surface area contributed by atoms with Crippen molar-refractivity contribution in [1.82, 2.24) is 20.2 Å². The van der Waals surface area contributed by atoms with Crippen molar-refractivity contribution in [3.63, 3.8) is 0 Å². The molecule has 5 nitrogen and oxygen atoms in total. The third-order valence-corrected chi connectivity index (χ3v) is 1.67. The van der Waals surface area contributed by atoms with E-state index in [4.69, 9.17) is 5.73 Å². The number of hydrogen-bond acceptors (Lipinski definition) is 4. The van der Waals surface area contributed by atoms with Gasteiger partial charge in [-0.15, -0.1) is 10.2 Å². The predicted octanol–water partition coefficient (Wildman–Crippen LogP) is -0.338. The summed E-state index contributed by atoms with van der Waals surface area (Å²) >= 11 is 0. The average Bonchev–Trinajstić information content (AvgIpc) is 2.39. The predicted molar refractivity (Wildman–Crippen MR) is 40.9 cm³/mol. The zero-order chi connectivity index (χ0) is 8.27. The summed E-state index contributed by atoms with van der Waals surface area (Å²) in [5.41, 5.74) is 5.51. The molecule has 0 saturated carbocycles. The highest BCUT2D eigenvalue weighted by molar-refractivity contribution is 4.90. The second-order valence-corrected chi connectivity index (χ2v) is 2.48. The first kappa shape index (κ1) is 8.13. The maximum Gasteiger partial charge on any atom is 0.179 e. The average molecular weight is 155 g/mol. The van der Waals surface area contributed by atoms with E-state index < -0.39 is 0 Å². The summed E-state index contributed by atoms with van der Waals surface area (Å²) in [7, 11) is 1.75. The first-order valence-electron chi connectivity index (χ1n) is 3.71. The molecule has 0 spiro atoms. The van der Waals surface area contributed by atoms with Crippen molar-refractivity contribution in [1.29, 1.82) is 0 Å². The molecule has 0 saturated heterocycles. The van der Waals surface area contributed by atoms with Gasteiger partial charge in [0.05, 0.1) is 7.05 Å². The van der Waals surface area contributed by atoms with Crippen molar-refractivity contribution in [2.45, 2.75) is 19.3 Å². The number of aryl methyl sites for hydroxylation is 1. The van der Waals surface area contributed by atoms with Crippen LogP contribution >= 0.6 is 0 Å². The van der Waals surface area contributed by atoms with Crippen molar-refractivity contribution in [2.75, 3.05) is 6.54 Å². The molecule has 5 heteroatoms. The quantitative estimate of drug-likeness (QED) is 0.648. The van der Waals surface area contributed by atoms with Crippen LogP contribution in [0.3, 0.4) is 0 Å². The number of hydrogen-bond donors (Lipinski definition) is 1. The molecule has 0 amide bonds. The summed E-state index contributed by atoms with van der Waals surface area (Å²) in [6, 6.07) is 0. The lowest BCUT2D eigenvalue weighted by molar-refractivity contribution is 0.605. The van der Waals surface area contributed by atoms with E-state index in [0.29, 0.717) is 6.54 Å². The summed E-state index contributed by atoms with van der Waals surface area (Å²) in [6.45, 7) is 2.65. The lowest BCUT2D eigenvalue weighted by Gasteiger charge is -2.04. The maximum absolute atomic E-state index is 5.51. The number of nitrogens with two attached hydrogens (primary N) is 1. The van der Waals surface area contributed by atoms with Gasteiger partial charge in [-0.1, -0.05) is 6.92 Å². The second kappa shape index (κ2) is 3.43. The van der Waals surface area contributed by atoms with Crippen LogP contribution in [0.1, 0.15) is 25.1 Å². The van der Waals surface area contributed by atoms with Gasteiger partial charge in [-0.2, -0.15) is 4.80 Å². The van der Waals surface area contributed by atoms with Gasteiger partial charge >= 0.3 is 0 Å². The van der Waals surface area contributed by atoms with Gasteiger partial charge < -0.3 is 5.73 Å². The van der Waals surface area contributed by atoms with Crippen LogP contribution < -0.4 is 5.73 Å². The van der Waals surface area contributed by atoms with Gasteiger partial charge in [0.2, 0.25) is 0 Å². The fourth-order valence-electron chi connectivity index (χ4n) is 0.917. The Morgan fingerprint density at radius 2 is 2.36 bits per heavy atom. The van der Waals surface area contributed by atoms with E-state index in [0.717, 1.165) is 12.2 Å². The summed E-state index contributed by atoms with van der Waals surface area (Å²) in [5.74, 6) is 1.00. The number of nitrogens with zero attached hydrogens (tertiary/aromatic N) is 4. The zero-order valence-electron chi connectivity index (χ0n) is 6.86. The van der Waals surface area contributed by atoms with Crippen LogP contribution in [-0.4, -0.2) is 26.8 Å². The first-order valence-corrected chi connectivity index (χ1v) is 3.71. The summed E-state index contributed by atoms with van der Waals surface area (Å²) in [4.78, 5) is 1.45. The maximum atomic E-state index is 5.51. The molecule has 0 bridgehead atoms. The topological polar surface area (TPSA) is 69.6 Å². The molecular formula is C6H13N5. The van der Waals surface area contributed by atoms with Crippen LogP contribution in [0, 0.1) is 0 Å². The molecule has 1 aromatic rings. The van der Waals surface area contributed by atoms with Gasteiger partial charge in [-0.3, -0.25) is 0 Å². The Balaban J connectivity index is 2.73. The van der Waals surface area contributed by atoms with Gasteiger partial charge in [0, 0.05) is 12.5 Å². The largest absolute Gasteiger partial charge is 0.330 e. The Morgan fingerprint density at radius 1 is 1.64 bits per heavy atom. The second-order valence-electron chi connectivity index (χ2n) is 2.48. The number of aromatic nitrogens is 4. The lowest BCUT2D eigenvalue weighted by atomic mass is 10.1. The summed E-state index contributed by atoms with van der Waals surface area (Å²) in [5, 5.41) is 11.7. The SMILES string of the molecule is CCC(CN)c1nnn(C)n1. The van der Waals surface area contributed by atoms with Crippen molar-refractivity contribution < 1.29 is 0 Å². The third kappa shape index (κ3) is 1.74. The van der Waals surface area contributed by atoms with E-state index in [1.807, 2.05) is 0 Å². The molecule has 1 unspecified atom stereocenters. The molecule has 11 heavy (non-hydrogen) atoms. The lowest BCUT2D eigenvalue weighted by Crippen LogP contribution is -2.13. The Bertz CT molecular complexity index is 215. The minimum absolute atomic E-state index is 0.253. The standard InChI is InChI=1S/C6H13N5/c1-3-5(4-7)6-8-10-11(2)9-6/h5H,3-4,7H2,1-2H3. The minimum Gasteiger partial charge on any atom is -0.330 e. The Morgan fingerprint density at radius 3 is 2.73 bits per heavy atom. The van der Waals surface area contributed by atoms with Crippen molar-refractivity contribution in [3.05, 3.63) is 5.82 Å². The van der Waals surface area contributed by atoms with Gasteiger partial charge in [-0.05, 0) is 11.6 Å². The van der Waals surface area contributed by atoms with Gasteiger partial charge in [0.1, 0.15) is 0 Å². The molecule has 0 fully saturated rings. The fourth-order valence-corrected chi connectivity index (χ4v) is 0.917. The minimum atomic E-state index is 0.253. The molecule has 0 radical (unpaired) electrons. The molecule has 0 aromatic carbocycles. The van der Waals surface area contributed by atoms with Crippen molar-refractivity contribution in [2.24, 2.45) is 12.8 Å². The van der Waals surface area contributed by atoms with Gasteiger partial charge in [-0.25, -0.2) is 0 Å². The molecule has 62 valence electrons. The molecule has 1 heterocycles. The van der Waals surface area contributed by atoms with Crippen LogP contribution in [0.4, 0.5) is 0 Å². The van der Waals surface area contributed by atoms with Crippen molar-refractivity contribution >= 4 is 0 Å². The number of tetrazole rings is 1. The monoisotopic (exact) mass is 155 g/mol. The Kier molecular flexibility index (Phi) is 2.53. The molecule has 0 aliphatic heterocycles. The van der Waals surface area contributed by atoms with Crippen LogP contribution in [0.5, 0.6) is 0 Å². The summed E-state index contributed by atoms with van der Waals surface area (Å²) in [6.07, 6.45) is 0.961. The highest BCUT2D eigenvalue weighted by Crippen LogP contribution is 2.10. The molecule has 1 atom stereocenters. The zero-order valence-corrected chi connectivity index (χ0v) is 6.86. The molecule has 1 rings (SSSR count). The normalized spacial score (nSPS) is 13.4. The van der Waals surface area contributed by atoms with Crippen molar-refractivity contribution in [3.8, 4) is 0 Å². The summed E-state index contributed by atoms with van der Waals surface area (Å²) < 4.78 is 0. The van der Waals surface area contributed by atoms with Crippen LogP contribution in [0.2, 0.25) is 0 Å². The molecule has 0 aliphatic rings. The van der Waals surface area contributed by atoms with Crippen LogP contribution in [0.25, 0.3) is 0 Å². The smallest absolute Gasteiger partial charge is 0.179 e. The van der Waals surface area contributed by atoms with E-state index in [1.165, 1.54) is 4.80 Å². The Hall–Kier alpha value is -0.970. The molecule has 0 aliphatic carbocycles. The highest BCUT2D eigenvalue weighted by atomic mass is 15.6. The third-order valence-electron chi connectivity index (χ3n) is 1.67. The van der Waals surface area contributed by atoms with Crippen LogP contribution in [0.15, 0.2) is 0 Å². The molecule has 2 N–H and O–H groups in total. The molecule has 1 aromatic heterocycles. The molecular weight excluding hydrogens is 142 g/mol. The highest BCUT2D eigenvalue weighted by Gasteiger charge is 2.11. The van der Waals surface area contributed by atoms with E-state index in [2.05, 4.69) is 22.3 Å². The van der Waals surface area contributed by atoms with E-state index in [9.17, 15) is 0 Å². The van der Waals surface area contributed by atoms with E-state index in [1.54, 1.807) is 7.05 Å². The van der Waals surface area contributed by atoms with E-state index in [-0.39, 0.29) is 5.92 Å². The van der Waals surface area contributed by atoms with Gasteiger partial charge in [0.15, 0.2) is 5.82 Å². The van der Waals surface area contributed by atoms with Gasteiger partial charge in [0.25, 0.3) is 0 Å². The van der Waals surface area contributed by atoms with E-state index >= 15 is 0 Å².